The van der Waals surface area contributed by atoms with Crippen LogP contribution in [-0.2, 0) is 4.74 Å². The fourth-order valence-corrected chi connectivity index (χ4v) is 1.53. The number of amides is 1. The first kappa shape index (κ1) is 13.9. The normalized spacial score (nSPS) is 10.9. The van der Waals surface area contributed by atoms with Crippen LogP contribution >= 0.6 is 23.2 Å². The average molecular weight is 277 g/mol. The predicted octanol–water partition coefficient (Wildman–Crippen LogP) is 3.85. The summed E-state index contributed by atoms with van der Waals surface area (Å²) in [6, 6.07) is 5.03. The highest BCUT2D eigenvalue weighted by molar-refractivity contribution is 6.39. The molecule has 6 heteroatoms. The lowest BCUT2D eigenvalue weighted by molar-refractivity contribution is 0.0541. The van der Waals surface area contributed by atoms with Crippen LogP contribution in [0.1, 0.15) is 20.8 Å². The second kappa shape index (κ2) is 5.47. The number of hydrogen-bond acceptors (Lipinski definition) is 3. The van der Waals surface area contributed by atoms with Crippen molar-refractivity contribution < 1.29 is 9.53 Å². The molecule has 4 nitrogen and oxygen atoms in total. The lowest BCUT2D eigenvalue weighted by Gasteiger charge is -2.20. The summed E-state index contributed by atoms with van der Waals surface area (Å²) in [5, 5.41) is 0.821. The largest absolute Gasteiger partial charge is 0.443 e. The highest BCUT2D eigenvalue weighted by Crippen LogP contribution is 2.28. The molecule has 0 aliphatic rings. The molecule has 1 amide bonds. The van der Waals surface area contributed by atoms with E-state index in [2.05, 4.69) is 10.9 Å². The van der Waals surface area contributed by atoms with E-state index in [4.69, 9.17) is 27.9 Å². The third kappa shape index (κ3) is 4.71. The number of hydrogen-bond donors (Lipinski definition) is 2. The Hall–Kier alpha value is -1.13. The van der Waals surface area contributed by atoms with Crippen LogP contribution in [-0.4, -0.2) is 11.7 Å². The summed E-state index contributed by atoms with van der Waals surface area (Å²) < 4.78 is 5.04. The van der Waals surface area contributed by atoms with E-state index in [0.717, 1.165) is 0 Å². The second-order valence-corrected chi connectivity index (χ2v) is 5.16. The van der Waals surface area contributed by atoms with E-state index >= 15 is 0 Å². The van der Waals surface area contributed by atoms with E-state index in [0.29, 0.717) is 15.7 Å². The van der Waals surface area contributed by atoms with E-state index in [1.54, 1.807) is 39.0 Å². The molecule has 0 unspecified atom stereocenters. The van der Waals surface area contributed by atoms with E-state index in [-0.39, 0.29) is 0 Å². The molecule has 0 saturated carbocycles. The van der Waals surface area contributed by atoms with Crippen molar-refractivity contribution in [3.63, 3.8) is 0 Å². The lowest BCUT2D eigenvalue weighted by Crippen LogP contribution is -2.35. The number of halogens is 2. The summed E-state index contributed by atoms with van der Waals surface area (Å²) in [7, 11) is 0. The Morgan fingerprint density at radius 3 is 2.24 bits per heavy atom. The molecule has 0 aliphatic heterocycles. The molecule has 0 spiro atoms. The average Bonchev–Trinajstić information content (AvgIpc) is 2.14. The number of ether oxygens (including phenoxy) is 1. The molecule has 0 fully saturated rings. The van der Waals surface area contributed by atoms with Gasteiger partial charge >= 0.3 is 6.09 Å². The molecule has 0 bridgehead atoms. The maximum atomic E-state index is 11.4. The summed E-state index contributed by atoms with van der Waals surface area (Å²) in [5.74, 6) is 0. The standard InChI is InChI=1S/C11H14Cl2N2O2/c1-11(2,3)17-10(16)15-14-9-7(12)5-4-6-8(9)13/h4-6,14H,1-3H3,(H,15,16). The number of carbonyl (C=O) groups is 1. The minimum absolute atomic E-state index is 0.411. The molecule has 0 aromatic heterocycles. The highest BCUT2D eigenvalue weighted by Gasteiger charge is 2.16. The van der Waals surface area contributed by atoms with Gasteiger partial charge in [-0.1, -0.05) is 29.3 Å². The fourth-order valence-electron chi connectivity index (χ4n) is 1.03. The highest BCUT2D eigenvalue weighted by atomic mass is 35.5. The van der Waals surface area contributed by atoms with Gasteiger partial charge in [0.05, 0.1) is 15.7 Å². The zero-order valence-electron chi connectivity index (χ0n) is 9.80. The molecular formula is C11H14Cl2N2O2. The molecule has 0 atom stereocenters. The quantitative estimate of drug-likeness (QED) is 0.807. The first-order chi connectivity index (χ1) is 7.79. The van der Waals surface area contributed by atoms with Gasteiger partial charge in [0, 0.05) is 0 Å². The number of para-hydroxylation sites is 1. The van der Waals surface area contributed by atoms with Gasteiger partial charge in [-0.15, -0.1) is 0 Å². The van der Waals surface area contributed by atoms with Crippen molar-refractivity contribution >= 4 is 35.0 Å². The third-order valence-electron chi connectivity index (χ3n) is 1.65. The van der Waals surface area contributed by atoms with Crippen molar-refractivity contribution in [3.8, 4) is 0 Å². The molecule has 0 radical (unpaired) electrons. The van der Waals surface area contributed by atoms with Crippen LogP contribution in [0.5, 0.6) is 0 Å². The fraction of sp³-hybridized carbons (Fsp3) is 0.364. The van der Waals surface area contributed by atoms with Crippen molar-refractivity contribution in [2.45, 2.75) is 26.4 Å². The number of rotatable bonds is 2. The van der Waals surface area contributed by atoms with E-state index in [1.165, 1.54) is 0 Å². The number of hydrazine groups is 1. The minimum Gasteiger partial charge on any atom is -0.443 e. The Morgan fingerprint density at radius 2 is 1.76 bits per heavy atom. The summed E-state index contributed by atoms with van der Waals surface area (Å²) >= 11 is 11.8. The van der Waals surface area contributed by atoms with Crippen LogP contribution in [0.3, 0.4) is 0 Å². The zero-order valence-corrected chi connectivity index (χ0v) is 11.3. The van der Waals surface area contributed by atoms with Gasteiger partial charge in [-0.05, 0) is 32.9 Å². The monoisotopic (exact) mass is 276 g/mol. The van der Waals surface area contributed by atoms with E-state index < -0.39 is 11.7 Å². The van der Waals surface area contributed by atoms with Gasteiger partial charge in [0.25, 0.3) is 0 Å². The topological polar surface area (TPSA) is 50.4 Å². The smallest absolute Gasteiger partial charge is 0.426 e. The molecule has 94 valence electrons. The van der Waals surface area contributed by atoms with Crippen LogP contribution in [0.25, 0.3) is 0 Å². The summed E-state index contributed by atoms with van der Waals surface area (Å²) in [4.78, 5) is 11.4. The summed E-state index contributed by atoms with van der Waals surface area (Å²) in [5.41, 5.74) is 4.84. The Bertz CT molecular complexity index is 396. The minimum atomic E-state index is -0.603. The van der Waals surface area contributed by atoms with Crippen LogP contribution < -0.4 is 10.9 Å². The van der Waals surface area contributed by atoms with E-state index in [9.17, 15) is 4.79 Å². The van der Waals surface area contributed by atoms with Crippen LogP contribution in [0.15, 0.2) is 18.2 Å². The van der Waals surface area contributed by atoms with Crippen molar-refractivity contribution in [1.29, 1.82) is 0 Å². The van der Waals surface area contributed by atoms with Crippen molar-refractivity contribution in [2.75, 3.05) is 5.43 Å². The van der Waals surface area contributed by atoms with Gasteiger partial charge in [0.15, 0.2) is 0 Å². The molecule has 0 saturated heterocycles. The van der Waals surface area contributed by atoms with Gasteiger partial charge in [-0.2, -0.15) is 0 Å². The van der Waals surface area contributed by atoms with Crippen molar-refractivity contribution in [2.24, 2.45) is 0 Å². The summed E-state index contributed by atoms with van der Waals surface area (Å²) in [6.07, 6.45) is -0.603. The van der Waals surface area contributed by atoms with Crippen molar-refractivity contribution in [1.82, 2.24) is 5.43 Å². The molecule has 0 aliphatic carbocycles. The number of anilines is 1. The Labute approximate surface area is 110 Å². The van der Waals surface area contributed by atoms with Crippen LogP contribution in [0.4, 0.5) is 10.5 Å². The maximum Gasteiger partial charge on any atom is 0.426 e. The number of benzene rings is 1. The molecule has 0 heterocycles. The Morgan fingerprint density at radius 1 is 1.24 bits per heavy atom. The zero-order chi connectivity index (χ0) is 13.1. The number of carbonyl (C=O) groups excluding carboxylic acids is 1. The molecule has 1 rings (SSSR count). The maximum absolute atomic E-state index is 11.4. The van der Waals surface area contributed by atoms with Gasteiger partial charge in [0.1, 0.15) is 5.60 Å². The number of nitrogens with one attached hydrogen (secondary N) is 2. The molecular weight excluding hydrogens is 263 g/mol. The predicted molar refractivity (Wildman–Crippen MR) is 69.5 cm³/mol. The van der Waals surface area contributed by atoms with Gasteiger partial charge in [0.2, 0.25) is 0 Å². The second-order valence-electron chi connectivity index (χ2n) is 4.35. The SMILES string of the molecule is CC(C)(C)OC(=O)NNc1c(Cl)cccc1Cl. The van der Waals surface area contributed by atoms with Gasteiger partial charge in [-0.3, -0.25) is 5.43 Å². The summed E-state index contributed by atoms with van der Waals surface area (Å²) in [6.45, 7) is 5.32. The molecule has 17 heavy (non-hydrogen) atoms. The van der Waals surface area contributed by atoms with Crippen LogP contribution in [0.2, 0.25) is 10.0 Å². The molecule has 2 N–H and O–H groups in total. The third-order valence-corrected chi connectivity index (χ3v) is 2.28. The van der Waals surface area contributed by atoms with Gasteiger partial charge in [-0.25, -0.2) is 10.2 Å². The first-order valence-electron chi connectivity index (χ1n) is 4.98. The Kier molecular flexibility index (Phi) is 4.48. The van der Waals surface area contributed by atoms with Crippen molar-refractivity contribution in [3.05, 3.63) is 28.2 Å². The van der Waals surface area contributed by atoms with Gasteiger partial charge < -0.3 is 4.74 Å². The Balaban J connectivity index is 2.59. The van der Waals surface area contributed by atoms with E-state index in [1.807, 2.05) is 0 Å². The molecule has 1 aromatic rings. The lowest BCUT2D eigenvalue weighted by atomic mass is 10.2. The molecule has 1 aromatic carbocycles. The van der Waals surface area contributed by atoms with Crippen LogP contribution in [0, 0.1) is 0 Å². The first-order valence-corrected chi connectivity index (χ1v) is 5.74.